The van der Waals surface area contributed by atoms with E-state index in [9.17, 15) is 4.79 Å². The summed E-state index contributed by atoms with van der Waals surface area (Å²) in [5, 5.41) is 9.98. The van der Waals surface area contributed by atoms with Gasteiger partial charge in [0.05, 0.1) is 6.26 Å². The summed E-state index contributed by atoms with van der Waals surface area (Å²) in [6, 6.07) is 15.2. The van der Waals surface area contributed by atoms with Crippen LogP contribution in [0.5, 0.6) is 0 Å². The number of hydrogen-bond acceptors (Lipinski definition) is 3. The number of carbonyl (C=O) groups excluding carboxylic acids is 1. The molecule has 1 atom stereocenters. The fraction of sp³-hybridized carbons (Fsp3) is 0.222. The van der Waals surface area contributed by atoms with E-state index in [1.807, 2.05) is 54.7 Å². The molecule has 3 aromatic rings. The predicted octanol–water partition coefficient (Wildman–Crippen LogP) is 2.61. The zero-order chi connectivity index (χ0) is 16.6. The number of amides is 2. The lowest BCUT2D eigenvalue weighted by Crippen LogP contribution is -2.39. The molecule has 124 valence electrons. The minimum atomic E-state index is -0.199. The number of nitrogens with one attached hydrogen (secondary N) is 2. The summed E-state index contributed by atoms with van der Waals surface area (Å²) >= 11 is 0. The lowest BCUT2D eigenvalue weighted by Gasteiger charge is -2.16. The van der Waals surface area contributed by atoms with Crippen LogP contribution in [0.15, 0.2) is 71.6 Å². The second-order valence-electron chi connectivity index (χ2n) is 5.39. The molecule has 2 aromatic heterocycles. The fourth-order valence-corrected chi connectivity index (χ4v) is 2.49. The summed E-state index contributed by atoms with van der Waals surface area (Å²) in [5.41, 5.74) is 1.20. The molecule has 0 radical (unpaired) electrons. The molecule has 2 heterocycles. The molecule has 1 unspecified atom stereocenters. The molecule has 24 heavy (non-hydrogen) atoms. The van der Waals surface area contributed by atoms with Gasteiger partial charge < -0.3 is 15.1 Å². The average molecular weight is 324 g/mol. The van der Waals surface area contributed by atoms with E-state index in [1.54, 1.807) is 17.1 Å². The quantitative estimate of drug-likeness (QED) is 0.702. The van der Waals surface area contributed by atoms with Crippen LogP contribution in [0.25, 0.3) is 0 Å². The molecule has 6 heteroatoms. The number of hydrogen-bond donors (Lipinski definition) is 2. The van der Waals surface area contributed by atoms with Gasteiger partial charge >= 0.3 is 6.03 Å². The molecule has 0 saturated carbocycles. The van der Waals surface area contributed by atoms with Crippen LogP contribution in [0, 0.1) is 0 Å². The highest BCUT2D eigenvalue weighted by molar-refractivity contribution is 5.73. The third kappa shape index (κ3) is 4.25. The van der Waals surface area contributed by atoms with Crippen LogP contribution in [-0.4, -0.2) is 28.9 Å². The van der Waals surface area contributed by atoms with Crippen LogP contribution in [-0.2, 0) is 6.42 Å². The maximum absolute atomic E-state index is 12.0. The Labute approximate surface area is 140 Å². The van der Waals surface area contributed by atoms with Gasteiger partial charge in [-0.15, -0.1) is 0 Å². The molecular formula is C18H20N4O2. The van der Waals surface area contributed by atoms with Crippen molar-refractivity contribution in [2.75, 3.05) is 13.1 Å². The number of urea groups is 1. The Bertz CT molecular complexity index is 689. The highest BCUT2D eigenvalue weighted by Gasteiger charge is 2.17. The number of aromatic nitrogens is 2. The van der Waals surface area contributed by atoms with E-state index in [1.165, 1.54) is 5.56 Å². The first-order valence-electron chi connectivity index (χ1n) is 7.91. The summed E-state index contributed by atoms with van der Waals surface area (Å²) < 4.78 is 7.23. The van der Waals surface area contributed by atoms with Crippen molar-refractivity contribution in [1.82, 2.24) is 20.4 Å². The van der Waals surface area contributed by atoms with Gasteiger partial charge in [0.1, 0.15) is 11.8 Å². The van der Waals surface area contributed by atoms with Crippen molar-refractivity contribution in [3.05, 3.63) is 78.5 Å². The average Bonchev–Trinajstić information content (AvgIpc) is 3.30. The van der Waals surface area contributed by atoms with Crippen molar-refractivity contribution in [2.24, 2.45) is 0 Å². The smallest absolute Gasteiger partial charge is 0.314 e. The highest BCUT2D eigenvalue weighted by Crippen LogP contribution is 2.16. The molecule has 2 N–H and O–H groups in total. The largest absolute Gasteiger partial charge is 0.467 e. The van der Waals surface area contributed by atoms with E-state index in [0.29, 0.717) is 13.1 Å². The molecular weight excluding hydrogens is 304 g/mol. The number of benzene rings is 1. The number of carbonyl (C=O) groups is 1. The first kappa shape index (κ1) is 15.9. The van der Waals surface area contributed by atoms with Gasteiger partial charge in [-0.25, -0.2) is 4.79 Å². The van der Waals surface area contributed by atoms with E-state index in [2.05, 4.69) is 15.7 Å². The van der Waals surface area contributed by atoms with Crippen LogP contribution >= 0.6 is 0 Å². The summed E-state index contributed by atoms with van der Waals surface area (Å²) in [5.74, 6) is 0.753. The van der Waals surface area contributed by atoms with E-state index < -0.39 is 0 Å². The Hall–Kier alpha value is -3.02. The predicted molar refractivity (Wildman–Crippen MR) is 90.6 cm³/mol. The lowest BCUT2D eigenvalue weighted by molar-refractivity contribution is 0.238. The van der Waals surface area contributed by atoms with Crippen LogP contribution < -0.4 is 10.6 Å². The van der Waals surface area contributed by atoms with E-state index in [4.69, 9.17) is 4.42 Å². The minimum absolute atomic E-state index is 0.171. The maximum Gasteiger partial charge on any atom is 0.314 e. The fourth-order valence-electron chi connectivity index (χ4n) is 2.49. The highest BCUT2D eigenvalue weighted by atomic mass is 16.3. The Kier molecular flexibility index (Phi) is 5.29. The number of nitrogens with zero attached hydrogens (tertiary/aromatic N) is 2. The van der Waals surface area contributed by atoms with Gasteiger partial charge in [0.25, 0.3) is 0 Å². The molecule has 3 rings (SSSR count). The van der Waals surface area contributed by atoms with Crippen molar-refractivity contribution < 1.29 is 9.21 Å². The Balaban J connectivity index is 1.49. The SMILES string of the molecule is O=C(NCCc1ccccc1)NCC(c1ccco1)n1cccn1. The molecule has 1 aromatic carbocycles. The topological polar surface area (TPSA) is 72.1 Å². The summed E-state index contributed by atoms with van der Waals surface area (Å²) in [4.78, 5) is 12.0. The lowest BCUT2D eigenvalue weighted by atomic mass is 10.1. The standard InChI is InChI=1S/C18H20N4O2/c23-18(19-11-9-15-6-2-1-3-7-15)20-14-16(17-8-4-13-24-17)22-12-5-10-21-22/h1-8,10,12-13,16H,9,11,14H2,(H2,19,20,23). The Morgan fingerprint density at radius 2 is 2.00 bits per heavy atom. The third-order valence-electron chi connectivity index (χ3n) is 3.71. The van der Waals surface area contributed by atoms with Gasteiger partial charge in [-0.3, -0.25) is 4.68 Å². The van der Waals surface area contributed by atoms with Crippen LogP contribution in [0.2, 0.25) is 0 Å². The van der Waals surface area contributed by atoms with Gasteiger partial charge in [0.2, 0.25) is 0 Å². The first-order valence-corrected chi connectivity index (χ1v) is 7.91. The third-order valence-corrected chi connectivity index (χ3v) is 3.71. The minimum Gasteiger partial charge on any atom is -0.467 e. The normalized spacial score (nSPS) is 11.8. The molecule has 0 fully saturated rings. The molecule has 0 bridgehead atoms. The molecule has 0 aliphatic rings. The van der Waals surface area contributed by atoms with Gasteiger partial charge in [0.15, 0.2) is 0 Å². The molecule has 0 spiro atoms. The van der Waals surface area contributed by atoms with Crippen LogP contribution in [0.4, 0.5) is 4.79 Å². The van der Waals surface area contributed by atoms with Gasteiger partial charge in [-0.1, -0.05) is 30.3 Å². The number of rotatable bonds is 7. The van der Waals surface area contributed by atoms with Crippen molar-refractivity contribution >= 4 is 6.03 Å². The van der Waals surface area contributed by atoms with Gasteiger partial charge in [-0.2, -0.15) is 5.10 Å². The first-order chi connectivity index (χ1) is 11.8. The van der Waals surface area contributed by atoms with Crippen molar-refractivity contribution in [1.29, 1.82) is 0 Å². The monoisotopic (exact) mass is 324 g/mol. The van der Waals surface area contributed by atoms with Crippen molar-refractivity contribution in [3.8, 4) is 0 Å². The van der Waals surface area contributed by atoms with Crippen molar-refractivity contribution in [2.45, 2.75) is 12.5 Å². The van der Waals surface area contributed by atoms with E-state index in [-0.39, 0.29) is 12.1 Å². The van der Waals surface area contributed by atoms with E-state index >= 15 is 0 Å². The summed E-state index contributed by atoms with van der Waals surface area (Å²) in [6.45, 7) is 0.982. The number of furan rings is 1. The summed E-state index contributed by atoms with van der Waals surface area (Å²) in [7, 11) is 0. The summed E-state index contributed by atoms with van der Waals surface area (Å²) in [6.07, 6.45) is 5.97. The Morgan fingerprint density at radius 1 is 1.12 bits per heavy atom. The second-order valence-corrected chi connectivity index (χ2v) is 5.39. The zero-order valence-corrected chi connectivity index (χ0v) is 13.3. The molecule has 0 aliphatic carbocycles. The molecule has 0 aliphatic heterocycles. The second kappa shape index (κ2) is 8.01. The van der Waals surface area contributed by atoms with Crippen molar-refractivity contribution in [3.63, 3.8) is 0 Å². The van der Waals surface area contributed by atoms with Gasteiger partial charge in [-0.05, 0) is 30.2 Å². The van der Waals surface area contributed by atoms with Crippen LogP contribution in [0.1, 0.15) is 17.4 Å². The van der Waals surface area contributed by atoms with E-state index in [0.717, 1.165) is 12.2 Å². The Morgan fingerprint density at radius 3 is 2.71 bits per heavy atom. The zero-order valence-electron chi connectivity index (χ0n) is 13.3. The molecule has 6 nitrogen and oxygen atoms in total. The van der Waals surface area contributed by atoms with Crippen LogP contribution in [0.3, 0.4) is 0 Å². The molecule has 2 amide bonds. The van der Waals surface area contributed by atoms with Gasteiger partial charge in [0, 0.05) is 25.5 Å². The molecule has 0 saturated heterocycles. The maximum atomic E-state index is 12.0.